The molecule has 0 unspecified atom stereocenters. The van der Waals surface area contributed by atoms with Crippen LogP contribution in [-0.2, 0) is 19.4 Å². The van der Waals surface area contributed by atoms with Gasteiger partial charge in [-0.1, -0.05) is 39.3 Å². The average molecular weight is 529 g/mol. The normalized spacial score (nSPS) is 21.0. The molecule has 36 heavy (non-hydrogen) atoms. The fourth-order valence-electron chi connectivity index (χ4n) is 4.58. The second-order valence-electron chi connectivity index (χ2n) is 10.7. The standard InChI is InChI=1S/C26H36ClF3N4O2/c1-6-17-12-18(13-24(4,5)26(28,29)30)31-14-19(17)22-20(27)21(33-34(22)7-2)23(35)32-15-25(36)10-8-16(3)9-11-25/h12,14,16,36H,6-11,13,15H2,1-5H3,(H,32,35). The maximum Gasteiger partial charge on any atom is 0.394 e. The van der Waals surface area contributed by atoms with Gasteiger partial charge in [-0.25, -0.2) is 0 Å². The van der Waals surface area contributed by atoms with E-state index in [4.69, 9.17) is 11.6 Å². The lowest BCUT2D eigenvalue weighted by atomic mass is 9.79. The Balaban J connectivity index is 1.87. The molecule has 10 heteroatoms. The Labute approximate surface area is 215 Å². The van der Waals surface area contributed by atoms with Gasteiger partial charge in [-0.3, -0.25) is 14.5 Å². The van der Waals surface area contributed by atoms with E-state index in [1.807, 2.05) is 13.8 Å². The Hall–Kier alpha value is -2.13. The van der Waals surface area contributed by atoms with Crippen LogP contribution in [0.1, 0.15) is 82.0 Å². The van der Waals surface area contributed by atoms with Crippen molar-refractivity contribution in [3.63, 3.8) is 0 Å². The molecular weight excluding hydrogens is 493 g/mol. The van der Waals surface area contributed by atoms with E-state index in [9.17, 15) is 23.1 Å². The largest absolute Gasteiger partial charge is 0.394 e. The van der Waals surface area contributed by atoms with Crippen LogP contribution in [0.5, 0.6) is 0 Å². The second kappa shape index (κ2) is 10.7. The highest BCUT2D eigenvalue weighted by atomic mass is 35.5. The van der Waals surface area contributed by atoms with Crippen molar-refractivity contribution in [1.29, 1.82) is 0 Å². The molecule has 0 saturated heterocycles. The summed E-state index contributed by atoms with van der Waals surface area (Å²) in [7, 11) is 0. The molecule has 2 N–H and O–H groups in total. The summed E-state index contributed by atoms with van der Waals surface area (Å²) in [6.45, 7) is 8.78. The topological polar surface area (TPSA) is 80.0 Å². The number of amides is 1. The Morgan fingerprint density at radius 1 is 1.28 bits per heavy atom. The van der Waals surface area contributed by atoms with Crippen LogP contribution in [0.2, 0.25) is 5.02 Å². The predicted molar refractivity (Wildman–Crippen MR) is 134 cm³/mol. The van der Waals surface area contributed by atoms with Crippen molar-refractivity contribution in [2.75, 3.05) is 6.54 Å². The minimum absolute atomic E-state index is 0.0469. The van der Waals surface area contributed by atoms with E-state index in [0.29, 0.717) is 48.7 Å². The number of alkyl halides is 3. The summed E-state index contributed by atoms with van der Waals surface area (Å²) in [6, 6.07) is 1.67. The van der Waals surface area contributed by atoms with Gasteiger partial charge in [0, 0.05) is 37.0 Å². The van der Waals surface area contributed by atoms with Crippen molar-refractivity contribution in [1.82, 2.24) is 20.1 Å². The molecule has 0 spiro atoms. The number of pyridine rings is 1. The van der Waals surface area contributed by atoms with Crippen molar-refractivity contribution in [3.05, 3.63) is 34.2 Å². The monoisotopic (exact) mass is 528 g/mol. The van der Waals surface area contributed by atoms with E-state index in [1.165, 1.54) is 6.20 Å². The molecule has 0 radical (unpaired) electrons. The molecule has 2 aromatic rings. The number of aliphatic hydroxyl groups is 1. The number of carbonyl (C=O) groups excluding carboxylic acids is 1. The molecule has 2 aromatic heterocycles. The van der Waals surface area contributed by atoms with E-state index in [2.05, 4.69) is 22.3 Å². The maximum atomic E-state index is 13.4. The SMILES string of the molecule is CCc1cc(CC(C)(C)C(F)(F)F)ncc1-c1c(Cl)c(C(=O)NCC2(O)CCC(C)CC2)nn1CC. The number of nitrogens with one attached hydrogen (secondary N) is 1. The molecule has 6 nitrogen and oxygen atoms in total. The summed E-state index contributed by atoms with van der Waals surface area (Å²) < 4.78 is 41.8. The predicted octanol–water partition coefficient (Wildman–Crippen LogP) is 5.98. The minimum Gasteiger partial charge on any atom is -0.388 e. The third-order valence-electron chi connectivity index (χ3n) is 7.26. The number of halogens is 4. The summed E-state index contributed by atoms with van der Waals surface area (Å²) >= 11 is 6.66. The van der Waals surface area contributed by atoms with Crippen LogP contribution < -0.4 is 5.32 Å². The van der Waals surface area contributed by atoms with Crippen LogP contribution in [0.4, 0.5) is 13.2 Å². The number of hydrogen-bond acceptors (Lipinski definition) is 4. The number of aromatic nitrogens is 3. The first kappa shape index (κ1) is 28.4. The first-order valence-corrected chi connectivity index (χ1v) is 12.9. The van der Waals surface area contributed by atoms with Crippen LogP contribution in [-0.4, -0.2) is 44.1 Å². The fraction of sp³-hybridized carbons (Fsp3) is 0.654. The summed E-state index contributed by atoms with van der Waals surface area (Å²) in [5.41, 5.74) is -0.572. The van der Waals surface area contributed by atoms with Gasteiger partial charge < -0.3 is 10.4 Å². The Morgan fingerprint density at radius 3 is 2.47 bits per heavy atom. The lowest BCUT2D eigenvalue weighted by molar-refractivity contribution is -0.211. The van der Waals surface area contributed by atoms with Crippen molar-refractivity contribution < 1.29 is 23.1 Å². The summed E-state index contributed by atoms with van der Waals surface area (Å²) in [4.78, 5) is 17.3. The maximum absolute atomic E-state index is 13.4. The zero-order chi connectivity index (χ0) is 26.9. The summed E-state index contributed by atoms with van der Waals surface area (Å²) in [5, 5.41) is 18.2. The zero-order valence-corrected chi connectivity index (χ0v) is 22.4. The van der Waals surface area contributed by atoms with E-state index in [0.717, 1.165) is 32.3 Å². The smallest absolute Gasteiger partial charge is 0.388 e. The van der Waals surface area contributed by atoms with Crippen LogP contribution in [0, 0.1) is 11.3 Å². The highest BCUT2D eigenvalue weighted by Gasteiger charge is 2.47. The third-order valence-corrected chi connectivity index (χ3v) is 7.62. The van der Waals surface area contributed by atoms with Gasteiger partial charge in [0.05, 0.1) is 21.7 Å². The van der Waals surface area contributed by atoms with Crippen molar-refractivity contribution in [2.45, 2.75) is 91.5 Å². The van der Waals surface area contributed by atoms with Crippen molar-refractivity contribution in [2.24, 2.45) is 11.3 Å². The number of aryl methyl sites for hydroxylation is 2. The lowest BCUT2D eigenvalue weighted by Crippen LogP contribution is -2.45. The van der Waals surface area contributed by atoms with Crippen molar-refractivity contribution >= 4 is 17.5 Å². The molecule has 1 fully saturated rings. The van der Waals surface area contributed by atoms with E-state index >= 15 is 0 Å². The van der Waals surface area contributed by atoms with E-state index in [-0.39, 0.29) is 23.7 Å². The quantitative estimate of drug-likeness (QED) is 0.441. The minimum atomic E-state index is -4.35. The van der Waals surface area contributed by atoms with Gasteiger partial charge in [-0.2, -0.15) is 18.3 Å². The van der Waals surface area contributed by atoms with Crippen LogP contribution in [0.25, 0.3) is 11.3 Å². The van der Waals surface area contributed by atoms with Gasteiger partial charge in [-0.05, 0) is 56.6 Å². The Bertz CT molecular complexity index is 1090. The number of nitrogens with zero attached hydrogens (tertiary/aromatic N) is 3. The highest BCUT2D eigenvalue weighted by Crippen LogP contribution is 2.41. The second-order valence-corrected chi connectivity index (χ2v) is 11.0. The molecule has 1 amide bonds. The van der Waals surface area contributed by atoms with E-state index in [1.54, 1.807) is 10.7 Å². The summed E-state index contributed by atoms with van der Waals surface area (Å²) in [6.07, 6.45) is 0.517. The van der Waals surface area contributed by atoms with Crippen LogP contribution >= 0.6 is 11.6 Å². The van der Waals surface area contributed by atoms with Crippen LogP contribution in [0.15, 0.2) is 12.3 Å². The number of hydrogen-bond donors (Lipinski definition) is 2. The van der Waals surface area contributed by atoms with Gasteiger partial charge in [0.15, 0.2) is 5.69 Å². The molecule has 1 aliphatic carbocycles. The molecule has 0 bridgehead atoms. The third kappa shape index (κ3) is 6.05. The highest BCUT2D eigenvalue weighted by molar-refractivity contribution is 6.36. The lowest BCUT2D eigenvalue weighted by Gasteiger charge is -2.34. The molecule has 0 atom stereocenters. The molecule has 1 aliphatic rings. The van der Waals surface area contributed by atoms with Gasteiger partial charge in [0.2, 0.25) is 0 Å². The molecule has 200 valence electrons. The van der Waals surface area contributed by atoms with Crippen molar-refractivity contribution in [3.8, 4) is 11.3 Å². The molecule has 2 heterocycles. The number of rotatable bonds is 8. The van der Waals surface area contributed by atoms with Gasteiger partial charge >= 0.3 is 6.18 Å². The first-order valence-electron chi connectivity index (χ1n) is 12.5. The Kier molecular flexibility index (Phi) is 8.45. The molecule has 0 aliphatic heterocycles. The molecular formula is C26H36ClF3N4O2. The number of carbonyl (C=O) groups is 1. The van der Waals surface area contributed by atoms with Gasteiger partial charge in [0.1, 0.15) is 0 Å². The first-order chi connectivity index (χ1) is 16.7. The molecule has 1 saturated carbocycles. The average Bonchev–Trinajstić information content (AvgIpc) is 3.14. The molecule has 0 aromatic carbocycles. The van der Waals surface area contributed by atoms with E-state index < -0.39 is 23.1 Å². The molecule has 3 rings (SSSR count). The fourth-order valence-corrected chi connectivity index (χ4v) is 4.90. The zero-order valence-electron chi connectivity index (χ0n) is 21.6. The van der Waals surface area contributed by atoms with Crippen LogP contribution in [0.3, 0.4) is 0 Å². The summed E-state index contributed by atoms with van der Waals surface area (Å²) in [5.74, 6) is 0.0839. The van der Waals surface area contributed by atoms with Gasteiger partial charge in [-0.15, -0.1) is 0 Å². The van der Waals surface area contributed by atoms with Gasteiger partial charge in [0.25, 0.3) is 5.91 Å². The Morgan fingerprint density at radius 2 is 1.92 bits per heavy atom.